The summed E-state index contributed by atoms with van der Waals surface area (Å²) in [5, 5.41) is 3.95. The van der Waals surface area contributed by atoms with E-state index in [9.17, 15) is 4.79 Å². The second-order valence-corrected chi connectivity index (χ2v) is 6.59. The first-order valence-electron chi connectivity index (χ1n) is 8.24. The number of imidazole rings is 1. The summed E-state index contributed by atoms with van der Waals surface area (Å²) in [4.78, 5) is 20.1. The standard InChI is InChI=1S/C18H18Cl2N4O2/c19-13-2-3-14(15(20)10-13)16-11-23-18(26-16)5-4-17(25)22-6-1-8-24-9-7-21-12-24/h2-3,7,9-12H,1,4-6,8H2,(H,22,25). The van der Waals surface area contributed by atoms with Gasteiger partial charge in [0.1, 0.15) is 0 Å². The summed E-state index contributed by atoms with van der Waals surface area (Å²) in [7, 11) is 0. The van der Waals surface area contributed by atoms with Crippen molar-refractivity contribution < 1.29 is 9.21 Å². The van der Waals surface area contributed by atoms with Gasteiger partial charge in [0, 0.05) is 48.9 Å². The minimum Gasteiger partial charge on any atom is -0.441 e. The molecule has 0 fully saturated rings. The monoisotopic (exact) mass is 392 g/mol. The highest BCUT2D eigenvalue weighted by molar-refractivity contribution is 6.36. The number of hydrogen-bond donors (Lipinski definition) is 1. The first-order chi connectivity index (χ1) is 12.6. The summed E-state index contributed by atoms with van der Waals surface area (Å²) >= 11 is 12.1. The number of nitrogens with one attached hydrogen (secondary N) is 1. The van der Waals surface area contributed by atoms with Gasteiger partial charge in [0.25, 0.3) is 0 Å². The Kier molecular flexibility index (Phi) is 6.30. The van der Waals surface area contributed by atoms with E-state index in [1.807, 2.05) is 10.8 Å². The summed E-state index contributed by atoms with van der Waals surface area (Å²) < 4.78 is 7.66. The highest BCUT2D eigenvalue weighted by Crippen LogP contribution is 2.30. The van der Waals surface area contributed by atoms with E-state index < -0.39 is 0 Å². The molecule has 1 aromatic carbocycles. The van der Waals surface area contributed by atoms with Crippen molar-refractivity contribution in [1.29, 1.82) is 0 Å². The quantitative estimate of drug-likeness (QED) is 0.588. The molecule has 1 amide bonds. The van der Waals surface area contributed by atoms with E-state index in [0.29, 0.717) is 41.1 Å². The van der Waals surface area contributed by atoms with Crippen molar-refractivity contribution >= 4 is 29.1 Å². The fraction of sp³-hybridized carbons (Fsp3) is 0.278. The van der Waals surface area contributed by atoms with Gasteiger partial charge in [-0.25, -0.2) is 9.97 Å². The van der Waals surface area contributed by atoms with Gasteiger partial charge in [-0.2, -0.15) is 0 Å². The molecule has 8 heteroatoms. The van der Waals surface area contributed by atoms with E-state index in [0.717, 1.165) is 18.5 Å². The Labute approximate surface area is 161 Å². The molecule has 0 atom stereocenters. The van der Waals surface area contributed by atoms with E-state index in [2.05, 4.69) is 15.3 Å². The summed E-state index contributed by atoms with van der Waals surface area (Å²) in [5.74, 6) is 1.03. The van der Waals surface area contributed by atoms with Crippen molar-refractivity contribution in [3.05, 3.63) is 59.1 Å². The van der Waals surface area contributed by atoms with Gasteiger partial charge in [-0.3, -0.25) is 4.79 Å². The number of benzene rings is 1. The van der Waals surface area contributed by atoms with Gasteiger partial charge in [0.05, 0.1) is 17.5 Å². The zero-order valence-corrected chi connectivity index (χ0v) is 15.5. The van der Waals surface area contributed by atoms with Crippen LogP contribution in [0, 0.1) is 0 Å². The lowest BCUT2D eigenvalue weighted by Gasteiger charge is -2.05. The van der Waals surface area contributed by atoms with Crippen LogP contribution >= 0.6 is 23.2 Å². The first kappa shape index (κ1) is 18.5. The van der Waals surface area contributed by atoms with Crippen molar-refractivity contribution in [1.82, 2.24) is 19.9 Å². The predicted molar refractivity (Wildman–Crippen MR) is 100 cm³/mol. The van der Waals surface area contributed by atoms with Crippen LogP contribution in [-0.4, -0.2) is 27.0 Å². The highest BCUT2D eigenvalue weighted by Gasteiger charge is 2.11. The third-order valence-electron chi connectivity index (χ3n) is 3.79. The molecule has 2 heterocycles. The number of rotatable bonds is 8. The van der Waals surface area contributed by atoms with E-state index >= 15 is 0 Å². The number of halogens is 2. The Balaban J connectivity index is 1.43. The molecule has 0 saturated carbocycles. The Morgan fingerprint density at radius 1 is 1.31 bits per heavy atom. The minimum atomic E-state index is -0.0279. The van der Waals surface area contributed by atoms with Gasteiger partial charge >= 0.3 is 0 Å². The average Bonchev–Trinajstić information content (AvgIpc) is 3.29. The molecule has 0 saturated heterocycles. The lowest BCUT2D eigenvalue weighted by molar-refractivity contribution is -0.121. The molecular weight excluding hydrogens is 375 g/mol. The molecular formula is C18H18Cl2N4O2. The average molecular weight is 393 g/mol. The lowest BCUT2D eigenvalue weighted by atomic mass is 10.2. The molecule has 26 heavy (non-hydrogen) atoms. The van der Waals surface area contributed by atoms with Gasteiger partial charge in [0.2, 0.25) is 5.91 Å². The Morgan fingerprint density at radius 2 is 2.19 bits per heavy atom. The van der Waals surface area contributed by atoms with E-state index in [-0.39, 0.29) is 5.91 Å². The van der Waals surface area contributed by atoms with Crippen LogP contribution in [0.4, 0.5) is 0 Å². The maximum absolute atomic E-state index is 11.9. The number of carbonyl (C=O) groups excluding carboxylic acids is 1. The third kappa shape index (κ3) is 5.09. The van der Waals surface area contributed by atoms with Crippen LogP contribution < -0.4 is 5.32 Å². The molecule has 0 unspecified atom stereocenters. The van der Waals surface area contributed by atoms with Crippen LogP contribution in [0.5, 0.6) is 0 Å². The lowest BCUT2D eigenvalue weighted by Crippen LogP contribution is -2.25. The Hall–Kier alpha value is -2.31. The molecule has 3 rings (SSSR count). The van der Waals surface area contributed by atoms with E-state index in [1.54, 1.807) is 36.9 Å². The van der Waals surface area contributed by atoms with Crippen LogP contribution in [0.1, 0.15) is 18.7 Å². The topological polar surface area (TPSA) is 73.0 Å². The first-order valence-corrected chi connectivity index (χ1v) is 9.00. The van der Waals surface area contributed by atoms with Crippen molar-refractivity contribution in [2.24, 2.45) is 0 Å². The predicted octanol–water partition coefficient (Wildman–Crippen LogP) is 3.98. The van der Waals surface area contributed by atoms with Crippen LogP contribution in [0.2, 0.25) is 10.0 Å². The van der Waals surface area contributed by atoms with Gasteiger partial charge in [-0.1, -0.05) is 23.2 Å². The van der Waals surface area contributed by atoms with Gasteiger partial charge in [0.15, 0.2) is 11.7 Å². The number of aromatic nitrogens is 3. The number of nitrogens with zero attached hydrogens (tertiary/aromatic N) is 3. The minimum absolute atomic E-state index is 0.0279. The molecule has 2 aromatic heterocycles. The van der Waals surface area contributed by atoms with Crippen molar-refractivity contribution in [2.45, 2.75) is 25.8 Å². The molecule has 6 nitrogen and oxygen atoms in total. The molecule has 0 aliphatic carbocycles. The fourth-order valence-electron chi connectivity index (χ4n) is 2.46. The molecule has 0 radical (unpaired) electrons. The molecule has 136 valence electrons. The number of amides is 1. The maximum Gasteiger partial charge on any atom is 0.220 e. The van der Waals surface area contributed by atoms with Crippen molar-refractivity contribution in [2.75, 3.05) is 6.54 Å². The second kappa shape index (κ2) is 8.87. The van der Waals surface area contributed by atoms with Crippen molar-refractivity contribution in [3.8, 4) is 11.3 Å². The van der Waals surface area contributed by atoms with Gasteiger partial charge in [-0.15, -0.1) is 0 Å². The number of carbonyl (C=O) groups is 1. The molecule has 0 spiro atoms. The van der Waals surface area contributed by atoms with Gasteiger partial charge in [-0.05, 0) is 24.6 Å². The summed E-state index contributed by atoms with van der Waals surface area (Å²) in [6, 6.07) is 5.17. The van der Waals surface area contributed by atoms with E-state index in [1.165, 1.54) is 0 Å². The maximum atomic E-state index is 11.9. The SMILES string of the molecule is O=C(CCc1ncc(-c2ccc(Cl)cc2Cl)o1)NCCCn1ccnc1. The molecule has 0 aliphatic rings. The molecule has 3 aromatic rings. The normalized spacial score (nSPS) is 10.8. The fourth-order valence-corrected chi connectivity index (χ4v) is 2.96. The third-order valence-corrected chi connectivity index (χ3v) is 4.34. The van der Waals surface area contributed by atoms with Crippen molar-refractivity contribution in [3.63, 3.8) is 0 Å². The van der Waals surface area contributed by atoms with Crippen LogP contribution in [-0.2, 0) is 17.8 Å². The Bertz CT molecular complexity index is 862. The number of hydrogen-bond acceptors (Lipinski definition) is 4. The van der Waals surface area contributed by atoms with Crippen LogP contribution in [0.3, 0.4) is 0 Å². The van der Waals surface area contributed by atoms with Gasteiger partial charge < -0.3 is 14.3 Å². The molecule has 1 N–H and O–H groups in total. The Morgan fingerprint density at radius 3 is 2.96 bits per heavy atom. The highest BCUT2D eigenvalue weighted by atomic mass is 35.5. The summed E-state index contributed by atoms with van der Waals surface area (Å²) in [5.41, 5.74) is 0.721. The smallest absolute Gasteiger partial charge is 0.220 e. The molecule has 0 bridgehead atoms. The van der Waals surface area contributed by atoms with Crippen LogP contribution in [0.25, 0.3) is 11.3 Å². The second-order valence-electron chi connectivity index (χ2n) is 5.75. The van der Waals surface area contributed by atoms with E-state index in [4.69, 9.17) is 27.6 Å². The number of aryl methyl sites for hydroxylation is 2. The number of oxazole rings is 1. The summed E-state index contributed by atoms with van der Waals surface area (Å²) in [6.45, 7) is 1.44. The van der Waals surface area contributed by atoms with Crippen LogP contribution in [0.15, 0.2) is 47.5 Å². The largest absolute Gasteiger partial charge is 0.441 e. The zero-order valence-electron chi connectivity index (χ0n) is 14.0. The molecule has 0 aliphatic heterocycles. The zero-order chi connectivity index (χ0) is 18.4. The summed E-state index contributed by atoms with van der Waals surface area (Å²) in [6.07, 6.45) is 8.59.